The minimum absolute atomic E-state index is 0.138. The summed E-state index contributed by atoms with van der Waals surface area (Å²) >= 11 is 12.0. The number of amides is 1. The highest BCUT2D eigenvalue weighted by Crippen LogP contribution is 2.28. The number of carboxylic acids is 1. The maximum absolute atomic E-state index is 12.4. The molecule has 1 amide bonds. The molecule has 0 aliphatic carbocycles. The molecule has 2 aromatic carbocycles. The number of carbonyl (C=O) groups is 2. The van der Waals surface area contributed by atoms with E-state index in [0.29, 0.717) is 21.3 Å². The minimum atomic E-state index is -0.991. The molecule has 1 aliphatic heterocycles. The summed E-state index contributed by atoms with van der Waals surface area (Å²) in [6.45, 7) is 1.84. The van der Waals surface area contributed by atoms with Crippen LogP contribution in [0, 0.1) is 0 Å². The Morgan fingerprint density at radius 2 is 1.76 bits per heavy atom. The summed E-state index contributed by atoms with van der Waals surface area (Å²) < 4.78 is 0. The maximum atomic E-state index is 12.4. The highest BCUT2D eigenvalue weighted by atomic mass is 35.5. The number of carbonyl (C=O) groups excluding carboxylic acids is 1. The summed E-state index contributed by atoms with van der Waals surface area (Å²) in [5.41, 5.74) is 2.30. The van der Waals surface area contributed by atoms with Gasteiger partial charge in [0.15, 0.2) is 0 Å². The quantitative estimate of drug-likeness (QED) is 0.859. The Bertz CT molecular complexity index is 858. The van der Waals surface area contributed by atoms with Crippen molar-refractivity contribution >= 4 is 40.8 Å². The Labute approximate surface area is 154 Å². The van der Waals surface area contributed by atoms with Crippen LogP contribution in [0.1, 0.15) is 40.9 Å². The normalized spacial score (nSPS) is 15.2. The molecule has 0 spiro atoms. The molecule has 3 rings (SSSR count). The van der Waals surface area contributed by atoms with Gasteiger partial charge in [0.25, 0.3) is 0 Å². The molecule has 1 atom stereocenters. The first kappa shape index (κ1) is 17.5. The van der Waals surface area contributed by atoms with Crippen LogP contribution < -0.4 is 0 Å². The van der Waals surface area contributed by atoms with Crippen LogP contribution in [-0.4, -0.2) is 27.7 Å². The van der Waals surface area contributed by atoms with Crippen LogP contribution in [0.2, 0.25) is 10.0 Å². The van der Waals surface area contributed by atoms with Crippen molar-refractivity contribution in [2.45, 2.75) is 19.4 Å². The number of hydrazone groups is 1. The first-order valence-corrected chi connectivity index (χ1v) is 8.30. The summed E-state index contributed by atoms with van der Waals surface area (Å²) in [6, 6.07) is 11.1. The molecule has 0 aromatic heterocycles. The fourth-order valence-electron chi connectivity index (χ4n) is 2.67. The molecule has 0 saturated carbocycles. The highest BCUT2D eigenvalue weighted by molar-refractivity contribution is 6.35. The van der Waals surface area contributed by atoms with E-state index in [0.717, 1.165) is 5.56 Å². The zero-order valence-electron chi connectivity index (χ0n) is 13.2. The van der Waals surface area contributed by atoms with E-state index in [1.807, 2.05) is 6.92 Å². The lowest BCUT2D eigenvalue weighted by molar-refractivity contribution is -0.130. The molecule has 5 nitrogen and oxygen atoms in total. The standard InChI is InChI=1S/C18H14Cl2N2O3/c1-10(11-2-4-12(5-3-11)18(24)25)22-17(23)9-16(21-22)13-6-14(19)8-15(20)7-13/h2-8,10H,9H2,1H3,(H,24,25). The second-order valence-electron chi connectivity index (χ2n) is 5.72. The second-order valence-corrected chi connectivity index (χ2v) is 6.60. The van der Waals surface area contributed by atoms with Crippen molar-refractivity contribution in [1.82, 2.24) is 5.01 Å². The molecule has 1 unspecified atom stereocenters. The number of halogens is 2. The predicted molar refractivity (Wildman–Crippen MR) is 96.3 cm³/mol. The van der Waals surface area contributed by atoms with E-state index in [4.69, 9.17) is 28.3 Å². The summed E-state index contributed by atoms with van der Waals surface area (Å²) in [5, 5.41) is 15.8. The number of hydrogen-bond donors (Lipinski definition) is 1. The topological polar surface area (TPSA) is 70.0 Å². The first-order valence-electron chi connectivity index (χ1n) is 7.54. The fraction of sp³-hybridized carbons (Fsp3) is 0.167. The molecule has 0 fully saturated rings. The Morgan fingerprint density at radius 1 is 1.16 bits per heavy atom. The number of benzene rings is 2. The molecule has 128 valence electrons. The van der Waals surface area contributed by atoms with Gasteiger partial charge in [-0.25, -0.2) is 9.80 Å². The lowest BCUT2D eigenvalue weighted by Crippen LogP contribution is -2.24. The average Bonchev–Trinajstić information content (AvgIpc) is 2.95. The smallest absolute Gasteiger partial charge is 0.335 e. The third kappa shape index (κ3) is 3.67. The fourth-order valence-corrected chi connectivity index (χ4v) is 3.20. The van der Waals surface area contributed by atoms with Crippen LogP contribution in [0.3, 0.4) is 0 Å². The van der Waals surface area contributed by atoms with Crippen LogP contribution in [0.25, 0.3) is 0 Å². The van der Waals surface area contributed by atoms with E-state index in [9.17, 15) is 9.59 Å². The summed E-state index contributed by atoms with van der Waals surface area (Å²) in [6.07, 6.45) is 0.161. The number of aromatic carboxylic acids is 1. The average molecular weight is 377 g/mol. The van der Waals surface area contributed by atoms with Gasteiger partial charge in [0, 0.05) is 15.6 Å². The summed E-state index contributed by atoms with van der Waals surface area (Å²) in [4.78, 5) is 23.3. The van der Waals surface area contributed by atoms with E-state index in [1.165, 1.54) is 17.1 Å². The van der Waals surface area contributed by atoms with Crippen LogP contribution in [0.5, 0.6) is 0 Å². The van der Waals surface area contributed by atoms with Gasteiger partial charge in [-0.3, -0.25) is 4.79 Å². The van der Waals surface area contributed by atoms with E-state index in [-0.39, 0.29) is 23.9 Å². The van der Waals surface area contributed by atoms with Gasteiger partial charge in [0.05, 0.1) is 23.7 Å². The largest absolute Gasteiger partial charge is 0.478 e. The van der Waals surface area contributed by atoms with Gasteiger partial charge in [0.2, 0.25) is 5.91 Å². The van der Waals surface area contributed by atoms with Gasteiger partial charge in [0.1, 0.15) is 0 Å². The Balaban J connectivity index is 1.87. The first-order chi connectivity index (χ1) is 11.8. The van der Waals surface area contributed by atoms with Crippen LogP contribution in [-0.2, 0) is 4.79 Å². The second kappa shape index (κ2) is 6.86. The predicted octanol–water partition coefficient (Wildman–Crippen LogP) is 4.39. The molecular formula is C18H14Cl2N2O3. The van der Waals surface area contributed by atoms with E-state index < -0.39 is 5.97 Å². The third-order valence-corrected chi connectivity index (χ3v) is 4.44. The van der Waals surface area contributed by atoms with Gasteiger partial charge < -0.3 is 5.11 Å². The van der Waals surface area contributed by atoms with Gasteiger partial charge in [-0.05, 0) is 42.8 Å². The zero-order chi connectivity index (χ0) is 18.1. The molecule has 0 bridgehead atoms. The van der Waals surface area contributed by atoms with Crippen molar-refractivity contribution in [3.05, 3.63) is 69.2 Å². The van der Waals surface area contributed by atoms with Crippen molar-refractivity contribution in [3.63, 3.8) is 0 Å². The molecule has 0 radical (unpaired) electrons. The Morgan fingerprint density at radius 3 is 2.32 bits per heavy atom. The molecule has 0 saturated heterocycles. The lowest BCUT2D eigenvalue weighted by Gasteiger charge is -2.21. The van der Waals surface area contributed by atoms with Crippen molar-refractivity contribution in [1.29, 1.82) is 0 Å². The number of rotatable bonds is 4. The lowest BCUT2D eigenvalue weighted by atomic mass is 10.1. The number of nitrogens with zero attached hydrogens (tertiary/aromatic N) is 2. The Kier molecular flexibility index (Phi) is 4.79. The van der Waals surface area contributed by atoms with Crippen molar-refractivity contribution in [2.75, 3.05) is 0 Å². The van der Waals surface area contributed by atoms with E-state index >= 15 is 0 Å². The maximum Gasteiger partial charge on any atom is 0.335 e. The zero-order valence-corrected chi connectivity index (χ0v) is 14.8. The summed E-state index contributed by atoms with van der Waals surface area (Å²) in [7, 11) is 0. The van der Waals surface area contributed by atoms with Gasteiger partial charge >= 0.3 is 5.97 Å². The SMILES string of the molecule is CC(c1ccc(C(=O)O)cc1)N1N=C(c2cc(Cl)cc(Cl)c2)CC1=O. The highest BCUT2D eigenvalue weighted by Gasteiger charge is 2.29. The third-order valence-electron chi connectivity index (χ3n) is 4.01. The van der Waals surface area contributed by atoms with Gasteiger partial charge in [-0.2, -0.15) is 5.10 Å². The van der Waals surface area contributed by atoms with Gasteiger partial charge in [-0.15, -0.1) is 0 Å². The van der Waals surface area contributed by atoms with E-state index in [1.54, 1.807) is 30.3 Å². The van der Waals surface area contributed by atoms with Crippen LogP contribution >= 0.6 is 23.2 Å². The summed E-state index contributed by atoms with van der Waals surface area (Å²) in [5.74, 6) is -1.13. The van der Waals surface area contributed by atoms with Crippen molar-refractivity contribution in [3.8, 4) is 0 Å². The molecule has 2 aromatic rings. The van der Waals surface area contributed by atoms with Gasteiger partial charge in [-0.1, -0.05) is 35.3 Å². The molecule has 7 heteroatoms. The Hall–Kier alpha value is -2.37. The molecule has 1 heterocycles. The van der Waals surface area contributed by atoms with E-state index in [2.05, 4.69) is 5.10 Å². The minimum Gasteiger partial charge on any atom is -0.478 e. The monoisotopic (exact) mass is 376 g/mol. The molecule has 1 N–H and O–H groups in total. The molecule has 25 heavy (non-hydrogen) atoms. The van der Waals surface area contributed by atoms with Crippen LogP contribution in [0.15, 0.2) is 47.6 Å². The molecule has 1 aliphatic rings. The molecular weight excluding hydrogens is 363 g/mol. The van der Waals surface area contributed by atoms with Crippen LogP contribution in [0.4, 0.5) is 0 Å². The number of hydrogen-bond acceptors (Lipinski definition) is 3. The number of carboxylic acid groups (broad SMARTS) is 1. The van der Waals surface area contributed by atoms with Crippen molar-refractivity contribution < 1.29 is 14.7 Å². The van der Waals surface area contributed by atoms with Crippen molar-refractivity contribution in [2.24, 2.45) is 5.10 Å².